The van der Waals surface area contributed by atoms with E-state index in [0.717, 1.165) is 6.42 Å². The Morgan fingerprint density at radius 3 is 3.20 bits per heavy atom. The van der Waals surface area contributed by atoms with E-state index in [1.165, 1.54) is 0 Å². The van der Waals surface area contributed by atoms with Crippen molar-refractivity contribution in [2.24, 2.45) is 11.8 Å². The highest BCUT2D eigenvalue weighted by Gasteiger charge is 2.17. The molecule has 0 spiro atoms. The minimum Gasteiger partial charge on any atom is -0.0651 e. The summed E-state index contributed by atoms with van der Waals surface area (Å²) in [4.78, 5) is 0. The van der Waals surface area contributed by atoms with E-state index in [2.05, 4.69) is 0 Å². The van der Waals surface area contributed by atoms with E-state index in [1.54, 1.807) is 0 Å². The standard InChI is InChI=1S/C10H20/c1-3-9(2)10-7-5-4-6-8-10/h9-10H,3-8H2,1-2H3/i5D2,7D2,10D. The molecule has 0 aromatic rings. The van der Waals surface area contributed by atoms with E-state index < -0.39 is 18.6 Å². The van der Waals surface area contributed by atoms with Gasteiger partial charge in [-0.25, -0.2) is 0 Å². The maximum absolute atomic E-state index is 8.27. The fraction of sp³-hybridized carbons (Fsp3) is 1.00. The molecule has 0 nitrogen and oxygen atoms in total. The largest absolute Gasteiger partial charge is 0.0651 e. The second-order valence-corrected chi connectivity index (χ2v) is 2.99. The van der Waals surface area contributed by atoms with Gasteiger partial charge >= 0.3 is 0 Å². The molecule has 1 saturated carbocycles. The van der Waals surface area contributed by atoms with Crippen molar-refractivity contribution < 1.29 is 6.85 Å². The molecule has 60 valence electrons. The molecule has 10 heavy (non-hydrogen) atoms. The number of rotatable bonds is 2. The summed E-state index contributed by atoms with van der Waals surface area (Å²) in [5, 5.41) is 0. The zero-order valence-corrected chi connectivity index (χ0v) is 6.91. The van der Waals surface area contributed by atoms with E-state index >= 15 is 0 Å². The van der Waals surface area contributed by atoms with Gasteiger partial charge in [0.1, 0.15) is 0 Å². The van der Waals surface area contributed by atoms with Crippen LogP contribution in [-0.4, -0.2) is 0 Å². The van der Waals surface area contributed by atoms with E-state index in [0.29, 0.717) is 12.8 Å². The van der Waals surface area contributed by atoms with Crippen LogP contribution in [0.3, 0.4) is 0 Å². The summed E-state index contributed by atoms with van der Waals surface area (Å²) in [6.07, 6.45) is -1.88. The lowest BCUT2D eigenvalue weighted by atomic mass is 9.80. The molecular formula is C10H20. The van der Waals surface area contributed by atoms with Gasteiger partial charge in [-0.3, -0.25) is 0 Å². The first-order valence-corrected chi connectivity index (χ1v) is 4.19. The van der Waals surface area contributed by atoms with Gasteiger partial charge in [0.15, 0.2) is 0 Å². The third kappa shape index (κ3) is 2.00. The van der Waals surface area contributed by atoms with Crippen LogP contribution in [0.2, 0.25) is 0 Å². The van der Waals surface area contributed by atoms with Gasteiger partial charge in [-0.15, -0.1) is 0 Å². The Morgan fingerprint density at radius 1 is 1.70 bits per heavy atom. The van der Waals surface area contributed by atoms with Crippen molar-refractivity contribution in [3.05, 3.63) is 0 Å². The normalized spacial score (nSPS) is 54.8. The van der Waals surface area contributed by atoms with E-state index in [9.17, 15) is 0 Å². The zero-order valence-electron chi connectivity index (χ0n) is 11.9. The zero-order chi connectivity index (χ0) is 11.9. The minimum atomic E-state index is -2.05. The van der Waals surface area contributed by atoms with Gasteiger partial charge in [-0.05, 0) is 11.8 Å². The van der Waals surface area contributed by atoms with Gasteiger partial charge in [0.25, 0.3) is 0 Å². The molecule has 2 unspecified atom stereocenters. The fourth-order valence-electron chi connectivity index (χ4n) is 1.22. The molecule has 2 atom stereocenters. The van der Waals surface area contributed by atoms with Gasteiger partial charge in [0, 0.05) is 6.85 Å². The number of hydrogen-bond donors (Lipinski definition) is 0. The van der Waals surface area contributed by atoms with Gasteiger partial charge in [0.2, 0.25) is 0 Å². The van der Waals surface area contributed by atoms with Crippen LogP contribution in [0.25, 0.3) is 0 Å². The summed E-state index contributed by atoms with van der Waals surface area (Å²) in [6, 6.07) is 0. The molecule has 0 radical (unpaired) electrons. The second kappa shape index (κ2) is 4.00. The summed E-state index contributed by atoms with van der Waals surface area (Å²) in [7, 11) is 0. The Labute approximate surface area is 72.0 Å². The monoisotopic (exact) mass is 145 g/mol. The number of hydrogen-bond acceptors (Lipinski definition) is 0. The van der Waals surface area contributed by atoms with Crippen LogP contribution in [-0.2, 0) is 0 Å². The molecule has 0 bridgehead atoms. The molecule has 0 heteroatoms. The molecule has 0 aromatic heterocycles. The summed E-state index contributed by atoms with van der Waals surface area (Å²) < 4.78 is 39.6. The van der Waals surface area contributed by atoms with Gasteiger partial charge in [-0.2, -0.15) is 0 Å². The van der Waals surface area contributed by atoms with Crippen LogP contribution in [0, 0.1) is 11.8 Å². The van der Waals surface area contributed by atoms with Crippen LogP contribution in [0.15, 0.2) is 0 Å². The summed E-state index contributed by atoms with van der Waals surface area (Å²) in [5.41, 5.74) is 0. The molecular weight excluding hydrogens is 120 g/mol. The van der Waals surface area contributed by atoms with E-state index in [4.69, 9.17) is 6.85 Å². The second-order valence-electron chi connectivity index (χ2n) is 2.99. The van der Waals surface area contributed by atoms with Crippen LogP contribution in [0.1, 0.15) is 59.1 Å². The molecule has 1 aliphatic rings. The Balaban J connectivity index is 3.08. The maximum atomic E-state index is 8.27. The van der Waals surface area contributed by atoms with Gasteiger partial charge < -0.3 is 0 Å². The van der Waals surface area contributed by atoms with Crippen LogP contribution < -0.4 is 0 Å². The first-order chi connectivity index (χ1) is 6.69. The lowest BCUT2D eigenvalue weighted by Crippen LogP contribution is -2.14. The SMILES string of the molecule is [2H]C1([2H])CCCC([2H])(C(C)CC)C1([2H])[2H]. The molecule has 0 heterocycles. The van der Waals surface area contributed by atoms with Crippen LogP contribution >= 0.6 is 0 Å². The quantitative estimate of drug-likeness (QED) is 0.557. The first-order valence-electron chi connectivity index (χ1n) is 6.69. The Morgan fingerprint density at radius 2 is 2.50 bits per heavy atom. The third-order valence-corrected chi connectivity index (χ3v) is 2.20. The fourth-order valence-corrected chi connectivity index (χ4v) is 1.22. The Hall–Kier alpha value is 0. The van der Waals surface area contributed by atoms with Crippen molar-refractivity contribution in [2.45, 2.75) is 52.3 Å². The van der Waals surface area contributed by atoms with E-state index in [1.807, 2.05) is 13.8 Å². The van der Waals surface area contributed by atoms with Crippen LogP contribution in [0.5, 0.6) is 0 Å². The van der Waals surface area contributed by atoms with Crippen molar-refractivity contribution in [1.29, 1.82) is 0 Å². The van der Waals surface area contributed by atoms with Gasteiger partial charge in [-0.1, -0.05) is 52.3 Å². The Bertz CT molecular complexity index is 238. The molecule has 1 fully saturated rings. The average Bonchev–Trinajstić information content (AvgIpc) is 2.13. The third-order valence-electron chi connectivity index (χ3n) is 2.20. The van der Waals surface area contributed by atoms with Crippen molar-refractivity contribution in [1.82, 2.24) is 0 Å². The molecule has 1 aliphatic carbocycles. The highest BCUT2D eigenvalue weighted by molar-refractivity contribution is 4.69. The van der Waals surface area contributed by atoms with Crippen molar-refractivity contribution in [3.63, 3.8) is 0 Å². The lowest BCUT2D eigenvalue weighted by molar-refractivity contribution is 0.258. The van der Waals surface area contributed by atoms with Crippen molar-refractivity contribution in [3.8, 4) is 0 Å². The lowest BCUT2D eigenvalue weighted by Gasteiger charge is -2.26. The predicted molar refractivity (Wildman–Crippen MR) is 46.0 cm³/mol. The smallest absolute Gasteiger partial charge is 0.0305 e. The molecule has 0 aromatic carbocycles. The summed E-state index contributed by atoms with van der Waals surface area (Å²) in [5.74, 6) is -1.38. The van der Waals surface area contributed by atoms with Gasteiger partial charge in [0.05, 0.1) is 0 Å². The van der Waals surface area contributed by atoms with Crippen LogP contribution in [0.4, 0.5) is 0 Å². The van der Waals surface area contributed by atoms with Crippen molar-refractivity contribution in [2.75, 3.05) is 0 Å². The van der Waals surface area contributed by atoms with E-state index in [-0.39, 0.29) is 12.3 Å². The summed E-state index contributed by atoms with van der Waals surface area (Å²) >= 11 is 0. The highest BCUT2D eigenvalue weighted by Crippen LogP contribution is 2.30. The molecule has 0 N–H and O–H groups in total. The minimum absolute atomic E-state index is 0.108. The molecule has 0 aliphatic heterocycles. The predicted octanol–water partition coefficient (Wildman–Crippen LogP) is 3.61. The first kappa shape index (κ1) is 3.60. The Kier molecular flexibility index (Phi) is 1.44. The topological polar surface area (TPSA) is 0 Å². The average molecular weight is 145 g/mol. The summed E-state index contributed by atoms with van der Waals surface area (Å²) in [6.45, 7) is 3.79. The highest BCUT2D eigenvalue weighted by atomic mass is 14.2. The molecule has 0 amide bonds. The molecule has 0 saturated heterocycles. The molecule has 1 rings (SSSR count). The maximum Gasteiger partial charge on any atom is 0.0305 e. The van der Waals surface area contributed by atoms with Crippen molar-refractivity contribution >= 4 is 0 Å².